The summed E-state index contributed by atoms with van der Waals surface area (Å²) < 4.78 is 0. The van der Waals surface area contributed by atoms with Gasteiger partial charge in [-0.25, -0.2) is 4.79 Å². The van der Waals surface area contributed by atoms with Crippen molar-refractivity contribution in [1.82, 2.24) is 10.6 Å². The van der Waals surface area contributed by atoms with Gasteiger partial charge in [-0.05, 0) is 58.4 Å². The number of halogens is 2. The fourth-order valence-corrected chi connectivity index (χ4v) is 2.05. The number of urea groups is 1. The van der Waals surface area contributed by atoms with E-state index in [1.807, 2.05) is 20.8 Å². The summed E-state index contributed by atoms with van der Waals surface area (Å²) in [5.41, 5.74) is 5.89. The number of rotatable bonds is 6. The molecule has 24 heavy (non-hydrogen) atoms. The molecule has 0 heterocycles. The number of hydrogen-bond donors (Lipinski definition) is 4. The van der Waals surface area contributed by atoms with Gasteiger partial charge in [0.1, 0.15) is 0 Å². The minimum atomic E-state index is -0.348. The number of benzene rings is 1. The molecule has 136 valence electrons. The first-order valence-electron chi connectivity index (χ1n) is 7.60. The molecule has 0 aliphatic heterocycles. The van der Waals surface area contributed by atoms with Crippen LogP contribution in [0.4, 0.5) is 10.5 Å². The lowest BCUT2D eigenvalue weighted by Crippen LogP contribution is -2.43. The lowest BCUT2D eigenvalue weighted by atomic mass is 10.1. The summed E-state index contributed by atoms with van der Waals surface area (Å²) in [5.74, 6) is -0.271. The molecular formula is C16H26Cl2N4O2. The van der Waals surface area contributed by atoms with Crippen molar-refractivity contribution in [2.45, 2.75) is 39.2 Å². The molecule has 0 aromatic heterocycles. The van der Waals surface area contributed by atoms with Crippen LogP contribution in [-0.2, 0) is 0 Å². The second kappa shape index (κ2) is 10.4. The maximum Gasteiger partial charge on any atom is 0.319 e. The lowest BCUT2D eigenvalue weighted by Gasteiger charge is -2.21. The highest BCUT2D eigenvalue weighted by Gasteiger charge is 2.15. The van der Waals surface area contributed by atoms with Gasteiger partial charge in [-0.3, -0.25) is 4.79 Å². The zero-order valence-electron chi connectivity index (χ0n) is 14.2. The van der Waals surface area contributed by atoms with Crippen LogP contribution in [0.25, 0.3) is 0 Å². The van der Waals surface area contributed by atoms with Crippen molar-refractivity contribution in [3.05, 3.63) is 28.8 Å². The summed E-state index contributed by atoms with van der Waals surface area (Å²) in [5, 5.41) is 8.60. The summed E-state index contributed by atoms with van der Waals surface area (Å²) in [4.78, 5) is 24.0. The van der Waals surface area contributed by atoms with Crippen LogP contribution in [0.2, 0.25) is 5.02 Å². The number of anilines is 1. The third-order valence-electron chi connectivity index (χ3n) is 2.87. The molecule has 1 rings (SSSR count). The van der Waals surface area contributed by atoms with Gasteiger partial charge in [0.2, 0.25) is 0 Å². The van der Waals surface area contributed by atoms with E-state index < -0.39 is 0 Å². The molecule has 6 nitrogen and oxygen atoms in total. The fourth-order valence-electron chi connectivity index (χ4n) is 1.85. The van der Waals surface area contributed by atoms with Gasteiger partial charge in [0.15, 0.2) is 0 Å². The van der Waals surface area contributed by atoms with E-state index in [2.05, 4.69) is 16.0 Å². The van der Waals surface area contributed by atoms with E-state index in [-0.39, 0.29) is 29.9 Å². The summed E-state index contributed by atoms with van der Waals surface area (Å²) in [6, 6.07) is 4.45. The molecule has 3 amide bonds. The number of nitrogens with two attached hydrogens (primary N) is 1. The van der Waals surface area contributed by atoms with Crippen LogP contribution in [0, 0.1) is 0 Å². The maximum atomic E-state index is 12.1. The second-order valence-corrected chi connectivity index (χ2v) is 6.68. The summed E-state index contributed by atoms with van der Waals surface area (Å²) in [6.07, 6.45) is 1.66. The highest BCUT2D eigenvalue weighted by molar-refractivity contribution is 6.34. The highest BCUT2D eigenvalue weighted by Crippen LogP contribution is 2.20. The Kier molecular flexibility index (Phi) is 9.73. The van der Waals surface area contributed by atoms with E-state index in [1.165, 1.54) is 0 Å². The minimum Gasteiger partial charge on any atom is -0.352 e. The first kappa shape index (κ1) is 22.5. The van der Waals surface area contributed by atoms with Gasteiger partial charge >= 0.3 is 6.03 Å². The standard InChI is InChI=1S/C16H25ClN4O2.ClH/c1-16(2,3)21-15(23)20-11-6-7-13(17)12(10-11)14(22)19-9-5-4-8-18;/h6-7,10H,4-5,8-9,18H2,1-3H3,(H,19,22)(H2,20,21,23);1H. The molecule has 0 saturated carbocycles. The number of unbranched alkanes of at least 4 members (excludes halogenated alkanes) is 1. The molecule has 8 heteroatoms. The smallest absolute Gasteiger partial charge is 0.319 e. The SMILES string of the molecule is CC(C)(C)NC(=O)Nc1ccc(Cl)c(C(=O)NCCCCN)c1.Cl. The zero-order valence-corrected chi connectivity index (χ0v) is 15.8. The van der Waals surface area contributed by atoms with Crippen molar-refractivity contribution in [3.8, 4) is 0 Å². The number of nitrogens with one attached hydrogen (secondary N) is 3. The monoisotopic (exact) mass is 376 g/mol. The lowest BCUT2D eigenvalue weighted by molar-refractivity contribution is 0.0953. The van der Waals surface area contributed by atoms with Crippen molar-refractivity contribution in [2.24, 2.45) is 5.73 Å². The summed E-state index contributed by atoms with van der Waals surface area (Å²) >= 11 is 6.07. The molecule has 0 fully saturated rings. The average molecular weight is 377 g/mol. The number of carbonyl (C=O) groups excluding carboxylic acids is 2. The molecule has 0 radical (unpaired) electrons. The highest BCUT2D eigenvalue weighted by atomic mass is 35.5. The molecule has 5 N–H and O–H groups in total. The maximum absolute atomic E-state index is 12.1. The molecule has 1 aromatic carbocycles. The Morgan fingerprint density at radius 1 is 1.21 bits per heavy atom. The molecule has 0 bridgehead atoms. The molecule has 0 spiro atoms. The average Bonchev–Trinajstić information content (AvgIpc) is 2.43. The normalized spacial score (nSPS) is 10.5. The molecular weight excluding hydrogens is 351 g/mol. The molecule has 0 unspecified atom stereocenters. The van der Waals surface area contributed by atoms with Gasteiger partial charge in [0.25, 0.3) is 5.91 Å². The Morgan fingerprint density at radius 3 is 2.46 bits per heavy atom. The number of hydrogen-bond acceptors (Lipinski definition) is 3. The van der Waals surface area contributed by atoms with Crippen molar-refractivity contribution < 1.29 is 9.59 Å². The third kappa shape index (κ3) is 8.38. The molecule has 0 aliphatic carbocycles. The van der Waals surface area contributed by atoms with Crippen LogP contribution >= 0.6 is 24.0 Å². The quantitative estimate of drug-likeness (QED) is 0.574. The summed E-state index contributed by atoms with van der Waals surface area (Å²) in [6.45, 7) is 6.78. The van der Waals surface area contributed by atoms with Crippen molar-refractivity contribution in [2.75, 3.05) is 18.4 Å². The van der Waals surface area contributed by atoms with E-state index >= 15 is 0 Å². The molecule has 1 aromatic rings. The van der Waals surface area contributed by atoms with Crippen molar-refractivity contribution >= 4 is 41.6 Å². The van der Waals surface area contributed by atoms with Gasteiger partial charge in [-0.2, -0.15) is 0 Å². The third-order valence-corrected chi connectivity index (χ3v) is 3.20. The number of amides is 3. The fraction of sp³-hybridized carbons (Fsp3) is 0.500. The van der Waals surface area contributed by atoms with E-state index in [9.17, 15) is 9.59 Å². The predicted molar refractivity (Wildman–Crippen MR) is 101 cm³/mol. The Hall–Kier alpha value is -1.50. The minimum absolute atomic E-state index is 0. The summed E-state index contributed by atoms with van der Waals surface area (Å²) in [7, 11) is 0. The van der Waals surface area contributed by atoms with Crippen molar-refractivity contribution in [3.63, 3.8) is 0 Å². The van der Waals surface area contributed by atoms with E-state index in [0.29, 0.717) is 29.4 Å². The van der Waals surface area contributed by atoms with Gasteiger partial charge < -0.3 is 21.7 Å². The van der Waals surface area contributed by atoms with Crippen LogP contribution < -0.4 is 21.7 Å². The Morgan fingerprint density at radius 2 is 1.88 bits per heavy atom. The molecule has 0 aliphatic rings. The van der Waals surface area contributed by atoms with Gasteiger partial charge in [-0.1, -0.05) is 11.6 Å². The van der Waals surface area contributed by atoms with Crippen molar-refractivity contribution in [1.29, 1.82) is 0 Å². The largest absolute Gasteiger partial charge is 0.352 e. The topological polar surface area (TPSA) is 96.2 Å². The predicted octanol–water partition coefficient (Wildman–Crippen LogP) is 3.15. The van der Waals surface area contributed by atoms with Crippen LogP contribution in [-0.4, -0.2) is 30.6 Å². The van der Waals surface area contributed by atoms with Gasteiger partial charge in [0.05, 0.1) is 10.6 Å². The molecule has 0 atom stereocenters. The van der Waals surface area contributed by atoms with Crippen LogP contribution in [0.15, 0.2) is 18.2 Å². The van der Waals surface area contributed by atoms with E-state index in [0.717, 1.165) is 12.8 Å². The van der Waals surface area contributed by atoms with Crippen LogP contribution in [0.5, 0.6) is 0 Å². The Balaban J connectivity index is 0.00000529. The van der Waals surface area contributed by atoms with Crippen LogP contribution in [0.3, 0.4) is 0 Å². The first-order chi connectivity index (χ1) is 10.7. The van der Waals surface area contributed by atoms with Crippen LogP contribution in [0.1, 0.15) is 44.0 Å². The van der Waals surface area contributed by atoms with Gasteiger partial charge in [-0.15, -0.1) is 12.4 Å². The Labute approximate surface area is 154 Å². The second-order valence-electron chi connectivity index (χ2n) is 6.28. The number of carbonyl (C=O) groups is 2. The Bertz CT molecular complexity index is 559. The van der Waals surface area contributed by atoms with E-state index in [1.54, 1.807) is 18.2 Å². The zero-order chi connectivity index (χ0) is 17.5. The molecule has 0 saturated heterocycles. The van der Waals surface area contributed by atoms with Gasteiger partial charge in [0, 0.05) is 17.8 Å². The van der Waals surface area contributed by atoms with E-state index in [4.69, 9.17) is 17.3 Å². The first-order valence-corrected chi connectivity index (χ1v) is 7.98.